The average Bonchev–Trinajstić information content (AvgIpc) is 2.13. The Morgan fingerprint density at radius 3 is 2.33 bits per heavy atom. The number of allylic oxidation sites excluding steroid dienone is 2. The van der Waals surface area contributed by atoms with Crippen LogP contribution in [0.2, 0.25) is 0 Å². The summed E-state index contributed by atoms with van der Waals surface area (Å²) in [6, 6.07) is 0.0648. The summed E-state index contributed by atoms with van der Waals surface area (Å²) < 4.78 is 1.05. The van der Waals surface area contributed by atoms with E-state index >= 15 is 0 Å². The van der Waals surface area contributed by atoms with Crippen molar-refractivity contribution in [1.29, 1.82) is 0 Å². The smallest absolute Gasteiger partial charge is 0.157 e. The Labute approximate surface area is 94.3 Å². The van der Waals surface area contributed by atoms with E-state index in [-0.39, 0.29) is 6.04 Å². The summed E-state index contributed by atoms with van der Waals surface area (Å²) in [6.07, 6.45) is 7.20. The highest BCUT2D eigenvalue weighted by atomic mass is 16.5. The molecule has 0 N–H and O–H groups in total. The van der Waals surface area contributed by atoms with Gasteiger partial charge in [0.1, 0.15) is 0 Å². The van der Waals surface area contributed by atoms with Gasteiger partial charge < -0.3 is 5.21 Å². The molecule has 1 unspecified atom stereocenters. The summed E-state index contributed by atoms with van der Waals surface area (Å²) in [5.41, 5.74) is 1.37. The standard InChI is InChI=1S/C13H25NO/c1-11(2)7-6-8-13(5)9-10-14(15)12(3)4/h7,10,12-13H,6,8-9H2,1-5H3. The SMILES string of the molecule is CC(C)=CCCC(C)CC=[N+]([O-])C(C)C. The summed E-state index contributed by atoms with van der Waals surface area (Å²) in [5.74, 6) is 0.593. The monoisotopic (exact) mass is 211 g/mol. The highest BCUT2D eigenvalue weighted by Crippen LogP contribution is 2.10. The highest BCUT2D eigenvalue weighted by molar-refractivity contribution is 5.51. The highest BCUT2D eigenvalue weighted by Gasteiger charge is 2.03. The van der Waals surface area contributed by atoms with Crippen molar-refractivity contribution in [3.05, 3.63) is 16.9 Å². The van der Waals surface area contributed by atoms with Gasteiger partial charge in [-0.25, -0.2) is 4.74 Å². The molecule has 0 fully saturated rings. The van der Waals surface area contributed by atoms with Crippen molar-refractivity contribution in [3.8, 4) is 0 Å². The first kappa shape index (κ1) is 14.2. The molecular weight excluding hydrogens is 186 g/mol. The van der Waals surface area contributed by atoms with Crippen LogP contribution in [-0.2, 0) is 0 Å². The molecule has 0 saturated heterocycles. The summed E-state index contributed by atoms with van der Waals surface area (Å²) in [5, 5.41) is 11.3. The third-order valence-electron chi connectivity index (χ3n) is 2.41. The third-order valence-corrected chi connectivity index (χ3v) is 2.41. The van der Waals surface area contributed by atoms with E-state index < -0.39 is 0 Å². The van der Waals surface area contributed by atoms with E-state index in [0.29, 0.717) is 5.92 Å². The maximum absolute atomic E-state index is 11.3. The third kappa shape index (κ3) is 8.22. The fourth-order valence-electron chi connectivity index (χ4n) is 1.27. The number of hydrogen-bond acceptors (Lipinski definition) is 1. The Morgan fingerprint density at radius 2 is 1.87 bits per heavy atom. The lowest BCUT2D eigenvalue weighted by Crippen LogP contribution is -2.15. The van der Waals surface area contributed by atoms with Crippen LogP contribution in [0, 0.1) is 11.1 Å². The van der Waals surface area contributed by atoms with Crippen molar-refractivity contribution in [3.63, 3.8) is 0 Å². The quantitative estimate of drug-likeness (QED) is 0.216. The van der Waals surface area contributed by atoms with Crippen LogP contribution in [0.5, 0.6) is 0 Å². The van der Waals surface area contributed by atoms with E-state index in [1.54, 1.807) is 6.21 Å². The predicted octanol–water partition coefficient (Wildman–Crippen LogP) is 3.75. The number of rotatable bonds is 6. The molecule has 0 saturated carbocycles. The fraction of sp³-hybridized carbons (Fsp3) is 0.769. The van der Waals surface area contributed by atoms with Crippen molar-refractivity contribution < 1.29 is 4.74 Å². The van der Waals surface area contributed by atoms with E-state index in [1.807, 2.05) is 13.8 Å². The van der Waals surface area contributed by atoms with Crippen molar-refractivity contribution in [2.75, 3.05) is 0 Å². The molecular formula is C13H25NO. The number of hydroxylamine groups is 1. The zero-order valence-electron chi connectivity index (χ0n) is 10.8. The van der Waals surface area contributed by atoms with Gasteiger partial charge in [-0.3, -0.25) is 0 Å². The molecule has 2 nitrogen and oxygen atoms in total. The Balaban J connectivity index is 3.80. The van der Waals surface area contributed by atoms with Gasteiger partial charge in [-0.15, -0.1) is 0 Å². The van der Waals surface area contributed by atoms with Gasteiger partial charge in [0, 0.05) is 6.42 Å². The van der Waals surface area contributed by atoms with E-state index in [0.717, 1.165) is 24.0 Å². The lowest BCUT2D eigenvalue weighted by molar-refractivity contribution is -0.488. The molecule has 0 rings (SSSR count). The van der Waals surface area contributed by atoms with Crippen molar-refractivity contribution >= 4 is 6.21 Å². The minimum atomic E-state index is 0.0648. The van der Waals surface area contributed by atoms with Gasteiger partial charge in [0.2, 0.25) is 0 Å². The Hall–Kier alpha value is -0.790. The van der Waals surface area contributed by atoms with Gasteiger partial charge in [-0.2, -0.15) is 0 Å². The first-order valence-electron chi connectivity index (χ1n) is 5.85. The molecule has 1 atom stereocenters. The summed E-state index contributed by atoms with van der Waals surface area (Å²) in [6.45, 7) is 10.3. The molecule has 0 aromatic carbocycles. The molecule has 0 aromatic rings. The Morgan fingerprint density at radius 1 is 1.27 bits per heavy atom. The summed E-state index contributed by atoms with van der Waals surface area (Å²) >= 11 is 0. The molecule has 0 aliphatic carbocycles. The number of hydrogen-bond donors (Lipinski definition) is 0. The van der Waals surface area contributed by atoms with Crippen LogP contribution < -0.4 is 0 Å². The van der Waals surface area contributed by atoms with Gasteiger partial charge in [0.15, 0.2) is 12.3 Å². The number of nitrogens with zero attached hydrogens (tertiary/aromatic N) is 1. The van der Waals surface area contributed by atoms with Gasteiger partial charge in [-0.05, 0) is 46.5 Å². The first-order valence-corrected chi connectivity index (χ1v) is 5.85. The molecule has 0 aromatic heterocycles. The summed E-state index contributed by atoms with van der Waals surface area (Å²) in [4.78, 5) is 0. The summed E-state index contributed by atoms with van der Waals surface area (Å²) in [7, 11) is 0. The molecule has 0 aliphatic heterocycles. The van der Waals surface area contributed by atoms with E-state index in [4.69, 9.17) is 0 Å². The zero-order chi connectivity index (χ0) is 11.8. The van der Waals surface area contributed by atoms with Crippen molar-refractivity contribution in [1.82, 2.24) is 0 Å². The average molecular weight is 211 g/mol. The zero-order valence-corrected chi connectivity index (χ0v) is 10.8. The maximum Gasteiger partial charge on any atom is 0.157 e. The second-order valence-electron chi connectivity index (χ2n) is 4.84. The molecule has 0 bridgehead atoms. The van der Waals surface area contributed by atoms with Crippen molar-refractivity contribution in [2.45, 2.75) is 59.9 Å². The Kier molecular flexibility index (Phi) is 7.10. The van der Waals surface area contributed by atoms with Crippen molar-refractivity contribution in [2.24, 2.45) is 5.92 Å². The van der Waals surface area contributed by atoms with Crippen LogP contribution in [0.15, 0.2) is 11.6 Å². The van der Waals surface area contributed by atoms with Crippen LogP contribution in [-0.4, -0.2) is 17.0 Å². The molecule has 0 amide bonds. The van der Waals surface area contributed by atoms with E-state index in [2.05, 4.69) is 26.8 Å². The Bertz CT molecular complexity index is 225. The second kappa shape index (κ2) is 7.49. The van der Waals surface area contributed by atoms with Gasteiger partial charge in [-0.1, -0.05) is 18.6 Å². The fourth-order valence-corrected chi connectivity index (χ4v) is 1.27. The molecule has 0 aliphatic rings. The van der Waals surface area contributed by atoms with Crippen LogP contribution >= 0.6 is 0 Å². The van der Waals surface area contributed by atoms with E-state index in [9.17, 15) is 5.21 Å². The molecule has 88 valence electrons. The second-order valence-corrected chi connectivity index (χ2v) is 4.84. The molecule has 0 radical (unpaired) electrons. The predicted molar refractivity (Wildman–Crippen MR) is 67.3 cm³/mol. The van der Waals surface area contributed by atoms with Gasteiger partial charge >= 0.3 is 0 Å². The van der Waals surface area contributed by atoms with Gasteiger partial charge in [0.05, 0.1) is 0 Å². The largest absolute Gasteiger partial charge is 0.624 e. The van der Waals surface area contributed by atoms with Crippen LogP contribution in [0.1, 0.15) is 53.9 Å². The maximum atomic E-state index is 11.3. The lowest BCUT2D eigenvalue weighted by atomic mass is 10.0. The normalized spacial score (nSPS) is 14.1. The minimum absolute atomic E-state index is 0.0648. The van der Waals surface area contributed by atoms with E-state index in [1.165, 1.54) is 5.57 Å². The van der Waals surface area contributed by atoms with Crippen LogP contribution in [0.4, 0.5) is 0 Å². The topological polar surface area (TPSA) is 26.1 Å². The molecule has 15 heavy (non-hydrogen) atoms. The van der Waals surface area contributed by atoms with Crippen LogP contribution in [0.25, 0.3) is 0 Å². The minimum Gasteiger partial charge on any atom is -0.624 e. The molecule has 2 heteroatoms. The molecule has 0 heterocycles. The van der Waals surface area contributed by atoms with Gasteiger partial charge in [0.25, 0.3) is 0 Å². The first-order chi connectivity index (χ1) is 6.93. The lowest BCUT2D eigenvalue weighted by Gasteiger charge is -2.10. The molecule has 0 spiro atoms. The van der Waals surface area contributed by atoms with Crippen LogP contribution in [0.3, 0.4) is 0 Å².